The maximum atomic E-state index is 14.7. The Hall–Kier alpha value is -2.57. The van der Waals surface area contributed by atoms with Crippen LogP contribution in [0.1, 0.15) is 31.9 Å². The Morgan fingerprint density at radius 2 is 1.78 bits per heavy atom. The molecule has 7 heteroatoms. The van der Waals surface area contributed by atoms with Crippen molar-refractivity contribution in [2.45, 2.75) is 37.7 Å². The van der Waals surface area contributed by atoms with Crippen molar-refractivity contribution in [1.29, 1.82) is 0 Å². The molecule has 0 fully saturated rings. The Kier molecular flexibility index (Phi) is 7.80. The van der Waals surface area contributed by atoms with Crippen LogP contribution in [0.15, 0.2) is 65.6 Å². The molecule has 0 aliphatic heterocycles. The second kappa shape index (κ2) is 10.4. The lowest BCUT2D eigenvalue weighted by Gasteiger charge is -2.28. The zero-order valence-corrected chi connectivity index (χ0v) is 19.6. The second-order valence-electron chi connectivity index (χ2n) is 7.68. The maximum Gasteiger partial charge on any atom is 0.228 e. The van der Waals surface area contributed by atoms with Gasteiger partial charge in [-0.15, -0.1) is 11.8 Å². The molecule has 0 aromatic heterocycles. The van der Waals surface area contributed by atoms with Crippen molar-refractivity contribution in [2.75, 3.05) is 11.1 Å². The van der Waals surface area contributed by atoms with E-state index in [1.807, 2.05) is 24.3 Å². The first-order valence-electron chi connectivity index (χ1n) is 10.1. The minimum atomic E-state index is -1.00. The monoisotopic (exact) mass is 475 g/mol. The van der Waals surface area contributed by atoms with Crippen LogP contribution in [-0.2, 0) is 16.8 Å². The van der Waals surface area contributed by atoms with Crippen molar-refractivity contribution >= 4 is 35.0 Å². The summed E-state index contributed by atoms with van der Waals surface area (Å²) in [6, 6.07) is 16.0. The van der Waals surface area contributed by atoms with Gasteiger partial charge in [0.15, 0.2) is 11.6 Å². The van der Waals surface area contributed by atoms with Gasteiger partial charge >= 0.3 is 0 Å². The summed E-state index contributed by atoms with van der Waals surface area (Å²) in [7, 11) is 0. The predicted molar refractivity (Wildman–Crippen MR) is 127 cm³/mol. The summed E-state index contributed by atoms with van der Waals surface area (Å²) in [4.78, 5) is 13.5. The van der Waals surface area contributed by atoms with Gasteiger partial charge in [0, 0.05) is 22.2 Å². The molecule has 0 spiro atoms. The molecule has 3 nitrogen and oxygen atoms in total. The van der Waals surface area contributed by atoms with Crippen molar-refractivity contribution in [3.8, 4) is 5.75 Å². The zero-order chi connectivity index (χ0) is 23.3. The summed E-state index contributed by atoms with van der Waals surface area (Å²) >= 11 is 7.86. The lowest BCUT2D eigenvalue weighted by molar-refractivity contribution is -0.115. The number of halogens is 3. The van der Waals surface area contributed by atoms with Crippen molar-refractivity contribution in [2.24, 2.45) is 0 Å². The van der Waals surface area contributed by atoms with E-state index < -0.39 is 17.2 Å². The zero-order valence-electron chi connectivity index (χ0n) is 18.0. The number of amides is 1. The third-order valence-electron chi connectivity index (χ3n) is 4.76. The Labute approximate surface area is 196 Å². The van der Waals surface area contributed by atoms with Gasteiger partial charge in [0.05, 0.1) is 11.4 Å². The molecule has 0 saturated heterocycles. The van der Waals surface area contributed by atoms with Crippen molar-refractivity contribution < 1.29 is 18.3 Å². The first-order valence-corrected chi connectivity index (χ1v) is 11.5. The average Bonchev–Trinajstić information content (AvgIpc) is 2.71. The van der Waals surface area contributed by atoms with E-state index in [0.717, 1.165) is 16.2 Å². The maximum absolute atomic E-state index is 14.7. The van der Waals surface area contributed by atoms with Crippen LogP contribution >= 0.6 is 23.4 Å². The van der Waals surface area contributed by atoms with Crippen LogP contribution in [-0.4, -0.2) is 11.7 Å². The Balaban J connectivity index is 1.66. The molecule has 32 heavy (non-hydrogen) atoms. The molecule has 1 N–H and O–H groups in total. The van der Waals surface area contributed by atoms with Crippen LogP contribution in [0.3, 0.4) is 0 Å². The molecule has 0 unspecified atom stereocenters. The van der Waals surface area contributed by atoms with E-state index >= 15 is 0 Å². The van der Waals surface area contributed by atoms with Gasteiger partial charge in [-0.3, -0.25) is 4.79 Å². The van der Waals surface area contributed by atoms with Gasteiger partial charge in [0.1, 0.15) is 11.4 Å². The van der Waals surface area contributed by atoms with E-state index in [0.29, 0.717) is 11.3 Å². The van der Waals surface area contributed by atoms with Crippen molar-refractivity contribution in [3.05, 3.63) is 88.4 Å². The van der Waals surface area contributed by atoms with Crippen LogP contribution in [0.5, 0.6) is 5.75 Å². The van der Waals surface area contributed by atoms with E-state index in [-0.39, 0.29) is 23.1 Å². The summed E-state index contributed by atoms with van der Waals surface area (Å²) in [6.45, 7) is 5.51. The van der Waals surface area contributed by atoms with Crippen LogP contribution in [0.25, 0.3) is 0 Å². The highest BCUT2D eigenvalue weighted by atomic mass is 35.5. The van der Waals surface area contributed by atoms with Crippen LogP contribution in [0.4, 0.5) is 14.5 Å². The minimum absolute atomic E-state index is 0.00240. The number of carbonyl (C=O) groups excluding carboxylic acids is 1. The number of ether oxygens (including phenoxy) is 1. The molecular weight excluding hydrogens is 452 g/mol. The number of thioether (sulfide) groups is 1. The van der Waals surface area contributed by atoms with E-state index in [1.54, 1.807) is 31.7 Å². The molecular formula is C25H24ClF2NO2S. The summed E-state index contributed by atoms with van der Waals surface area (Å²) in [5, 5.41) is 2.90. The first-order chi connectivity index (χ1) is 15.2. The van der Waals surface area contributed by atoms with Gasteiger partial charge in [0.2, 0.25) is 5.91 Å². The van der Waals surface area contributed by atoms with Crippen molar-refractivity contribution in [1.82, 2.24) is 0 Å². The summed E-state index contributed by atoms with van der Waals surface area (Å²) in [5.74, 6) is -0.351. The average molecular weight is 476 g/mol. The number of rotatable bonds is 8. The van der Waals surface area contributed by atoms with Gasteiger partial charge in [-0.1, -0.05) is 36.7 Å². The molecule has 168 valence electrons. The third kappa shape index (κ3) is 6.24. The number of nitrogens with one attached hydrogen (secondary N) is 1. The van der Waals surface area contributed by atoms with Crippen molar-refractivity contribution in [3.63, 3.8) is 0 Å². The molecule has 3 aromatic carbocycles. The highest BCUT2D eigenvalue weighted by Crippen LogP contribution is 2.34. The van der Waals surface area contributed by atoms with E-state index in [1.165, 1.54) is 30.3 Å². The standard InChI is InChI=1S/C25H24ClF2NO2S/c1-4-32-19-9-5-16(6-10-19)13-24(30)29-18-8-12-23(22(28)15-18)31-25(2,3)20-11-7-17(27)14-21(20)26/h5-12,14-15H,4,13H2,1-3H3,(H,29,30). The second-order valence-corrected chi connectivity index (χ2v) is 9.43. The highest BCUT2D eigenvalue weighted by Gasteiger charge is 2.27. The molecule has 3 rings (SSSR count). The normalized spacial score (nSPS) is 11.3. The number of hydrogen-bond donors (Lipinski definition) is 1. The summed E-state index contributed by atoms with van der Waals surface area (Å²) < 4.78 is 33.9. The topological polar surface area (TPSA) is 38.3 Å². The number of carbonyl (C=O) groups is 1. The van der Waals surface area contributed by atoms with Gasteiger partial charge in [-0.05, 0) is 61.6 Å². The molecule has 3 aromatic rings. The molecule has 0 atom stereocenters. The Bertz CT molecular complexity index is 1100. The molecule has 0 bridgehead atoms. The smallest absolute Gasteiger partial charge is 0.228 e. The molecule has 0 heterocycles. The van der Waals surface area contributed by atoms with E-state index in [9.17, 15) is 13.6 Å². The summed E-state index contributed by atoms with van der Waals surface area (Å²) in [5.41, 5.74) is 0.733. The third-order valence-corrected chi connectivity index (χ3v) is 5.97. The fourth-order valence-corrected chi connectivity index (χ4v) is 4.29. The number of anilines is 1. The lowest BCUT2D eigenvalue weighted by atomic mass is 9.97. The molecule has 1 amide bonds. The molecule has 0 saturated carbocycles. The molecule has 0 aliphatic carbocycles. The van der Waals surface area contributed by atoms with E-state index in [2.05, 4.69) is 12.2 Å². The fourth-order valence-electron chi connectivity index (χ4n) is 3.23. The lowest BCUT2D eigenvalue weighted by Crippen LogP contribution is -2.26. The highest BCUT2D eigenvalue weighted by molar-refractivity contribution is 7.99. The van der Waals surface area contributed by atoms with Crippen LogP contribution in [0.2, 0.25) is 5.02 Å². The SMILES string of the molecule is CCSc1ccc(CC(=O)Nc2ccc(OC(C)(C)c3ccc(F)cc3Cl)c(F)c2)cc1. The van der Waals surface area contributed by atoms with Gasteiger partial charge in [0.25, 0.3) is 0 Å². The van der Waals surface area contributed by atoms with Crippen LogP contribution in [0, 0.1) is 11.6 Å². The first kappa shape index (κ1) is 24.1. The quantitative estimate of drug-likeness (QED) is 0.349. The minimum Gasteiger partial charge on any atom is -0.480 e. The Morgan fingerprint density at radius 3 is 2.41 bits per heavy atom. The Morgan fingerprint density at radius 1 is 1.06 bits per heavy atom. The number of hydrogen-bond acceptors (Lipinski definition) is 3. The van der Waals surface area contributed by atoms with E-state index in [4.69, 9.17) is 16.3 Å². The molecule has 0 radical (unpaired) electrons. The van der Waals surface area contributed by atoms with Gasteiger partial charge in [-0.2, -0.15) is 0 Å². The van der Waals surface area contributed by atoms with Crippen LogP contribution < -0.4 is 10.1 Å². The van der Waals surface area contributed by atoms with Gasteiger partial charge in [-0.25, -0.2) is 8.78 Å². The van der Waals surface area contributed by atoms with Gasteiger partial charge < -0.3 is 10.1 Å². The summed E-state index contributed by atoms with van der Waals surface area (Å²) in [6.07, 6.45) is 0.188. The largest absolute Gasteiger partial charge is 0.480 e. The fraction of sp³-hybridized carbons (Fsp3) is 0.240. The number of benzene rings is 3. The molecule has 0 aliphatic rings. The predicted octanol–water partition coefficient (Wildman–Crippen LogP) is 7.23.